The summed E-state index contributed by atoms with van der Waals surface area (Å²) < 4.78 is 0. The van der Waals surface area contributed by atoms with E-state index in [4.69, 9.17) is 0 Å². The number of rotatable bonds is 8. The fraction of sp³-hybridized carbons (Fsp3) is 1.00. The van der Waals surface area contributed by atoms with Crippen LogP contribution >= 0.6 is 0 Å². The van der Waals surface area contributed by atoms with Gasteiger partial charge in [0, 0.05) is 17.6 Å². The first-order chi connectivity index (χ1) is 9.10. The van der Waals surface area contributed by atoms with E-state index in [0.29, 0.717) is 12.6 Å². The molecule has 0 saturated heterocycles. The number of hydrogen-bond acceptors (Lipinski definition) is 3. The first kappa shape index (κ1) is 15.3. The fourth-order valence-corrected chi connectivity index (χ4v) is 3.59. The maximum absolute atomic E-state index is 9.74. The van der Waals surface area contributed by atoms with Crippen LogP contribution in [-0.2, 0) is 0 Å². The van der Waals surface area contributed by atoms with Crippen molar-refractivity contribution >= 4 is 0 Å². The van der Waals surface area contributed by atoms with Crippen LogP contribution in [0.1, 0.15) is 59.3 Å². The van der Waals surface area contributed by atoms with Crippen LogP contribution in [0.15, 0.2) is 0 Å². The number of nitrogens with zero attached hydrogens (tertiary/aromatic N) is 1. The molecular weight excluding hydrogens is 236 g/mol. The lowest BCUT2D eigenvalue weighted by molar-refractivity contribution is 0.136. The van der Waals surface area contributed by atoms with Gasteiger partial charge in [-0.2, -0.15) is 0 Å². The van der Waals surface area contributed by atoms with E-state index in [-0.39, 0.29) is 5.54 Å². The molecule has 2 aliphatic rings. The van der Waals surface area contributed by atoms with E-state index in [2.05, 4.69) is 31.0 Å². The Morgan fingerprint density at radius 2 is 2.00 bits per heavy atom. The summed E-state index contributed by atoms with van der Waals surface area (Å²) in [5, 5.41) is 13.3. The highest BCUT2D eigenvalue weighted by Gasteiger charge is 2.43. The van der Waals surface area contributed by atoms with Gasteiger partial charge in [-0.05, 0) is 57.5 Å². The van der Waals surface area contributed by atoms with Crippen molar-refractivity contribution in [1.82, 2.24) is 10.2 Å². The van der Waals surface area contributed by atoms with E-state index in [1.807, 2.05) is 0 Å². The Bertz CT molecular complexity index is 278. The van der Waals surface area contributed by atoms with Crippen molar-refractivity contribution in [3.8, 4) is 0 Å². The number of aliphatic hydroxyl groups excluding tert-OH is 1. The highest BCUT2D eigenvalue weighted by molar-refractivity contribution is 5.01. The third-order valence-electron chi connectivity index (χ3n) is 4.89. The van der Waals surface area contributed by atoms with E-state index in [0.717, 1.165) is 31.3 Å². The molecule has 2 aliphatic carbocycles. The third kappa shape index (κ3) is 3.93. The first-order valence-corrected chi connectivity index (χ1v) is 8.22. The van der Waals surface area contributed by atoms with Crippen molar-refractivity contribution in [2.45, 2.75) is 76.9 Å². The average Bonchev–Trinajstić information content (AvgIpc) is 3.12. The lowest BCUT2D eigenvalue weighted by Gasteiger charge is -2.33. The second-order valence-electron chi connectivity index (χ2n) is 7.02. The van der Waals surface area contributed by atoms with Crippen molar-refractivity contribution in [3.05, 3.63) is 0 Å². The smallest absolute Gasteiger partial charge is 0.0613 e. The van der Waals surface area contributed by atoms with Crippen molar-refractivity contribution in [1.29, 1.82) is 0 Å². The molecule has 2 saturated carbocycles. The van der Waals surface area contributed by atoms with Crippen molar-refractivity contribution in [2.24, 2.45) is 5.92 Å². The third-order valence-corrected chi connectivity index (χ3v) is 4.89. The molecule has 2 N–H and O–H groups in total. The predicted octanol–water partition coefficient (Wildman–Crippen LogP) is 2.39. The molecule has 0 spiro atoms. The molecule has 3 heteroatoms. The normalized spacial score (nSPS) is 31.6. The zero-order chi connectivity index (χ0) is 13.9. The lowest BCUT2D eigenvalue weighted by Crippen LogP contribution is -2.48. The minimum atomic E-state index is 0.00435. The standard InChI is InChI=1S/C16H32N2O/c1-4-17-16(12-19)9-7-15(11-16)18(14-5-6-14)10-8-13(2)3/h13-15,17,19H,4-12H2,1-3H3. The Kier molecular flexibility index (Phi) is 5.27. The lowest BCUT2D eigenvalue weighted by atomic mass is 9.98. The number of hydrogen-bond donors (Lipinski definition) is 2. The minimum absolute atomic E-state index is 0.00435. The highest BCUT2D eigenvalue weighted by Crippen LogP contribution is 2.38. The van der Waals surface area contributed by atoms with Crippen molar-refractivity contribution in [3.63, 3.8) is 0 Å². The Morgan fingerprint density at radius 3 is 2.53 bits per heavy atom. The zero-order valence-corrected chi connectivity index (χ0v) is 13.0. The topological polar surface area (TPSA) is 35.5 Å². The number of nitrogens with one attached hydrogen (secondary N) is 1. The largest absolute Gasteiger partial charge is 0.394 e. The van der Waals surface area contributed by atoms with Gasteiger partial charge >= 0.3 is 0 Å². The van der Waals surface area contributed by atoms with E-state index in [9.17, 15) is 5.11 Å². The van der Waals surface area contributed by atoms with Gasteiger partial charge in [0.2, 0.25) is 0 Å². The Labute approximate surface area is 118 Å². The summed E-state index contributed by atoms with van der Waals surface area (Å²) in [6.07, 6.45) is 7.60. The van der Waals surface area contributed by atoms with E-state index >= 15 is 0 Å². The summed E-state index contributed by atoms with van der Waals surface area (Å²) >= 11 is 0. The number of likely N-dealkylation sites (N-methyl/N-ethyl adjacent to an activating group) is 1. The molecule has 0 radical (unpaired) electrons. The van der Waals surface area contributed by atoms with Crippen LogP contribution in [0.3, 0.4) is 0 Å². The van der Waals surface area contributed by atoms with Crippen LogP contribution in [0.4, 0.5) is 0 Å². The molecule has 19 heavy (non-hydrogen) atoms. The summed E-state index contributed by atoms with van der Waals surface area (Å²) in [6.45, 7) is 9.28. The molecule has 0 bridgehead atoms. The van der Waals surface area contributed by atoms with Crippen LogP contribution in [0, 0.1) is 5.92 Å². The molecule has 0 heterocycles. The van der Waals surface area contributed by atoms with Gasteiger partial charge in [0.15, 0.2) is 0 Å². The molecule has 2 unspecified atom stereocenters. The number of aliphatic hydroxyl groups is 1. The van der Waals surface area contributed by atoms with Gasteiger partial charge in [0.1, 0.15) is 0 Å². The van der Waals surface area contributed by atoms with Gasteiger partial charge in [-0.3, -0.25) is 4.90 Å². The van der Waals surface area contributed by atoms with Gasteiger partial charge < -0.3 is 10.4 Å². The van der Waals surface area contributed by atoms with Crippen LogP contribution in [0.2, 0.25) is 0 Å². The van der Waals surface area contributed by atoms with Gasteiger partial charge in [-0.15, -0.1) is 0 Å². The molecule has 0 aromatic rings. The summed E-state index contributed by atoms with van der Waals surface area (Å²) in [7, 11) is 0. The Balaban J connectivity index is 1.92. The van der Waals surface area contributed by atoms with E-state index in [1.54, 1.807) is 0 Å². The molecule has 0 aromatic carbocycles. The van der Waals surface area contributed by atoms with Crippen LogP contribution < -0.4 is 5.32 Å². The van der Waals surface area contributed by atoms with Crippen LogP contribution in [0.5, 0.6) is 0 Å². The van der Waals surface area contributed by atoms with E-state index in [1.165, 1.54) is 32.2 Å². The van der Waals surface area contributed by atoms with Gasteiger partial charge in [-0.25, -0.2) is 0 Å². The van der Waals surface area contributed by atoms with Gasteiger partial charge in [-0.1, -0.05) is 20.8 Å². The molecule has 2 rings (SSSR count). The first-order valence-electron chi connectivity index (χ1n) is 8.22. The second-order valence-corrected chi connectivity index (χ2v) is 7.02. The highest BCUT2D eigenvalue weighted by atomic mass is 16.3. The molecule has 3 nitrogen and oxygen atoms in total. The van der Waals surface area contributed by atoms with Crippen LogP contribution in [-0.4, -0.2) is 47.3 Å². The van der Waals surface area contributed by atoms with Gasteiger partial charge in [0.25, 0.3) is 0 Å². The molecule has 112 valence electrons. The van der Waals surface area contributed by atoms with Crippen LogP contribution in [0.25, 0.3) is 0 Å². The summed E-state index contributed by atoms with van der Waals surface area (Å²) in [6, 6.07) is 1.54. The minimum Gasteiger partial charge on any atom is -0.394 e. The maximum atomic E-state index is 9.74. The Hall–Kier alpha value is -0.120. The molecule has 0 amide bonds. The molecule has 2 atom stereocenters. The van der Waals surface area contributed by atoms with Crippen molar-refractivity contribution in [2.75, 3.05) is 19.7 Å². The SMILES string of the molecule is CCNC1(CO)CCC(N(CCC(C)C)C2CC2)C1. The van der Waals surface area contributed by atoms with Crippen molar-refractivity contribution < 1.29 is 5.11 Å². The fourth-order valence-electron chi connectivity index (χ4n) is 3.59. The van der Waals surface area contributed by atoms with Gasteiger partial charge in [0.05, 0.1) is 6.61 Å². The predicted molar refractivity (Wildman–Crippen MR) is 80.3 cm³/mol. The molecular formula is C16H32N2O. The summed E-state index contributed by atoms with van der Waals surface area (Å²) in [4.78, 5) is 2.76. The average molecular weight is 268 g/mol. The summed E-state index contributed by atoms with van der Waals surface area (Å²) in [5.41, 5.74) is 0.00435. The maximum Gasteiger partial charge on any atom is 0.0613 e. The van der Waals surface area contributed by atoms with E-state index < -0.39 is 0 Å². The second kappa shape index (κ2) is 6.55. The molecule has 2 fully saturated rings. The Morgan fingerprint density at radius 1 is 1.26 bits per heavy atom. The quantitative estimate of drug-likeness (QED) is 0.709. The monoisotopic (exact) mass is 268 g/mol. The molecule has 0 aliphatic heterocycles. The zero-order valence-electron chi connectivity index (χ0n) is 13.0. The molecule has 0 aromatic heterocycles. The summed E-state index contributed by atoms with van der Waals surface area (Å²) in [5.74, 6) is 0.791.